The second-order valence-corrected chi connectivity index (χ2v) is 11.2. The molecule has 1 N–H and O–H groups in total. The van der Waals surface area contributed by atoms with Gasteiger partial charge < -0.3 is 14.0 Å². The number of nitrogens with one attached hydrogen (secondary N) is 1. The maximum absolute atomic E-state index is 12.6. The number of rotatable bonds is 4. The average molecular weight is 379 g/mol. The van der Waals surface area contributed by atoms with Gasteiger partial charge in [0.15, 0.2) is 0 Å². The fourth-order valence-electron chi connectivity index (χ4n) is 2.86. The minimum atomic E-state index is -1.16. The maximum Gasteiger partial charge on any atom is 0.494 e. The smallest absolute Gasteiger partial charge is 0.399 e. The fourth-order valence-corrected chi connectivity index (χ4v) is 3.76. The van der Waals surface area contributed by atoms with E-state index < -0.39 is 16.5 Å². The van der Waals surface area contributed by atoms with Crippen LogP contribution >= 0.6 is 0 Å². The van der Waals surface area contributed by atoms with E-state index in [-0.39, 0.29) is 23.1 Å². The minimum Gasteiger partial charge on any atom is -0.399 e. The molecular formula is C19H30BNO4S. The van der Waals surface area contributed by atoms with Crippen molar-refractivity contribution < 1.29 is 18.3 Å². The van der Waals surface area contributed by atoms with Crippen LogP contribution in [0.15, 0.2) is 24.3 Å². The van der Waals surface area contributed by atoms with E-state index in [1.54, 1.807) is 0 Å². The molecule has 7 heteroatoms. The highest BCUT2D eigenvalue weighted by Gasteiger charge is 2.52. The second-order valence-electron chi connectivity index (χ2n) is 9.27. The highest BCUT2D eigenvalue weighted by Crippen LogP contribution is 2.37. The zero-order chi connectivity index (χ0) is 19.4. The molecule has 2 aliphatic rings. The standard InChI is InChI=1S/C19H30BNO4S/c1-16(2,3)26(22)21-19(12-23-13-19)14-8-10-15(11-9-14)20-24-17(4,5)18(6,7)25-20/h8-11,21H,12-13H2,1-7H3. The highest BCUT2D eigenvalue weighted by atomic mass is 32.2. The van der Waals surface area contributed by atoms with E-state index in [1.165, 1.54) is 0 Å². The summed E-state index contributed by atoms with van der Waals surface area (Å²) < 4.78 is 33.2. The third kappa shape index (κ3) is 3.52. The summed E-state index contributed by atoms with van der Waals surface area (Å²) in [5.74, 6) is 0. The molecule has 2 heterocycles. The molecule has 26 heavy (non-hydrogen) atoms. The molecule has 2 fully saturated rings. The van der Waals surface area contributed by atoms with Crippen molar-refractivity contribution in [2.75, 3.05) is 13.2 Å². The summed E-state index contributed by atoms with van der Waals surface area (Å²) in [6, 6.07) is 8.16. The van der Waals surface area contributed by atoms with Crippen molar-refractivity contribution >= 4 is 23.6 Å². The van der Waals surface area contributed by atoms with Gasteiger partial charge in [-0.3, -0.25) is 0 Å². The SMILES string of the molecule is CC(C)(C)S(=O)NC1(c2ccc(B3OC(C)(C)C(C)(C)O3)cc2)COC1. The molecule has 1 atom stereocenters. The van der Waals surface area contributed by atoms with Crippen molar-refractivity contribution in [1.29, 1.82) is 0 Å². The number of hydrogen-bond acceptors (Lipinski definition) is 4. The lowest BCUT2D eigenvalue weighted by Gasteiger charge is -2.43. The van der Waals surface area contributed by atoms with Crippen LogP contribution in [-0.2, 0) is 30.6 Å². The van der Waals surface area contributed by atoms with Crippen molar-refractivity contribution in [3.63, 3.8) is 0 Å². The van der Waals surface area contributed by atoms with Crippen LogP contribution in [0, 0.1) is 0 Å². The topological polar surface area (TPSA) is 56.8 Å². The molecule has 0 aromatic heterocycles. The summed E-state index contributed by atoms with van der Waals surface area (Å²) in [7, 11) is -1.54. The Labute approximate surface area is 159 Å². The van der Waals surface area contributed by atoms with Gasteiger partial charge in [-0.1, -0.05) is 24.3 Å². The molecule has 3 rings (SSSR count). The molecule has 2 aliphatic heterocycles. The normalized spacial score (nSPS) is 25.0. The van der Waals surface area contributed by atoms with Crippen LogP contribution in [0.1, 0.15) is 54.0 Å². The Hall–Kier alpha value is -0.725. The predicted octanol–water partition coefficient (Wildman–Crippen LogP) is 2.26. The first-order chi connectivity index (χ1) is 11.9. The van der Waals surface area contributed by atoms with Crippen molar-refractivity contribution in [3.05, 3.63) is 29.8 Å². The molecule has 0 aliphatic carbocycles. The van der Waals surface area contributed by atoms with E-state index >= 15 is 0 Å². The Balaban J connectivity index is 1.78. The van der Waals surface area contributed by atoms with Gasteiger partial charge >= 0.3 is 7.12 Å². The molecule has 0 radical (unpaired) electrons. The summed E-state index contributed by atoms with van der Waals surface area (Å²) in [6.07, 6.45) is 0. The third-order valence-corrected chi connectivity index (χ3v) is 7.22. The van der Waals surface area contributed by atoms with Crippen molar-refractivity contribution in [2.45, 2.75) is 70.0 Å². The van der Waals surface area contributed by atoms with Gasteiger partial charge in [-0.05, 0) is 59.5 Å². The zero-order valence-corrected chi connectivity index (χ0v) is 17.7. The predicted molar refractivity (Wildman–Crippen MR) is 106 cm³/mol. The van der Waals surface area contributed by atoms with Gasteiger partial charge in [0, 0.05) is 0 Å². The lowest BCUT2D eigenvalue weighted by Crippen LogP contribution is -2.60. The van der Waals surface area contributed by atoms with Gasteiger partial charge in [0.1, 0.15) is 5.54 Å². The minimum absolute atomic E-state index is 0.328. The van der Waals surface area contributed by atoms with Crippen LogP contribution in [0.5, 0.6) is 0 Å². The lowest BCUT2D eigenvalue weighted by atomic mass is 9.77. The highest BCUT2D eigenvalue weighted by molar-refractivity contribution is 7.84. The Kier molecular flexibility index (Phi) is 4.94. The van der Waals surface area contributed by atoms with E-state index in [2.05, 4.69) is 16.9 Å². The Morgan fingerprint density at radius 2 is 1.50 bits per heavy atom. The average Bonchev–Trinajstić information content (AvgIpc) is 2.70. The van der Waals surface area contributed by atoms with Crippen LogP contribution < -0.4 is 10.2 Å². The molecule has 5 nitrogen and oxygen atoms in total. The maximum atomic E-state index is 12.6. The van der Waals surface area contributed by atoms with Crippen molar-refractivity contribution in [3.8, 4) is 0 Å². The first kappa shape index (κ1) is 20.0. The van der Waals surface area contributed by atoms with Crippen LogP contribution in [-0.4, -0.2) is 40.5 Å². The number of benzene rings is 1. The van der Waals surface area contributed by atoms with E-state index in [0.29, 0.717) is 13.2 Å². The quantitative estimate of drug-likeness (QED) is 0.816. The molecule has 1 aromatic carbocycles. The summed E-state index contributed by atoms with van der Waals surface area (Å²) in [4.78, 5) is 0. The molecule has 0 spiro atoms. The van der Waals surface area contributed by atoms with E-state index in [4.69, 9.17) is 14.0 Å². The third-order valence-electron chi connectivity index (χ3n) is 5.53. The van der Waals surface area contributed by atoms with Crippen LogP contribution in [0.4, 0.5) is 0 Å². The van der Waals surface area contributed by atoms with E-state index in [0.717, 1.165) is 11.0 Å². The summed E-state index contributed by atoms with van der Waals surface area (Å²) in [5.41, 5.74) is 0.947. The fraction of sp³-hybridized carbons (Fsp3) is 0.684. The summed E-state index contributed by atoms with van der Waals surface area (Å²) in [5, 5.41) is 0. The van der Waals surface area contributed by atoms with Gasteiger partial charge in [0.2, 0.25) is 0 Å². The molecule has 0 saturated carbocycles. The van der Waals surface area contributed by atoms with Gasteiger partial charge in [0.05, 0.1) is 40.1 Å². The Bertz CT molecular complexity index is 676. The first-order valence-electron chi connectivity index (χ1n) is 9.10. The van der Waals surface area contributed by atoms with Crippen LogP contribution in [0.2, 0.25) is 0 Å². The van der Waals surface area contributed by atoms with Gasteiger partial charge in [-0.15, -0.1) is 0 Å². The molecule has 0 bridgehead atoms. The zero-order valence-electron chi connectivity index (χ0n) is 16.8. The molecular weight excluding hydrogens is 349 g/mol. The van der Waals surface area contributed by atoms with Gasteiger partial charge in [-0.25, -0.2) is 8.93 Å². The monoisotopic (exact) mass is 379 g/mol. The van der Waals surface area contributed by atoms with Crippen LogP contribution in [0.25, 0.3) is 0 Å². The molecule has 1 aromatic rings. The first-order valence-corrected chi connectivity index (χ1v) is 10.2. The molecule has 1 unspecified atom stereocenters. The van der Waals surface area contributed by atoms with Gasteiger partial charge in [-0.2, -0.15) is 0 Å². The van der Waals surface area contributed by atoms with E-state index in [9.17, 15) is 4.21 Å². The Morgan fingerprint density at radius 3 is 1.88 bits per heavy atom. The molecule has 2 saturated heterocycles. The molecule has 144 valence electrons. The lowest BCUT2D eigenvalue weighted by molar-refractivity contribution is -0.0659. The van der Waals surface area contributed by atoms with E-state index in [1.807, 2.05) is 60.6 Å². The molecule has 0 amide bonds. The summed E-state index contributed by atoms with van der Waals surface area (Å²) in [6.45, 7) is 15.1. The summed E-state index contributed by atoms with van der Waals surface area (Å²) >= 11 is 0. The van der Waals surface area contributed by atoms with Gasteiger partial charge in [0.25, 0.3) is 0 Å². The van der Waals surface area contributed by atoms with Crippen molar-refractivity contribution in [2.24, 2.45) is 0 Å². The second kappa shape index (κ2) is 6.42. The van der Waals surface area contributed by atoms with Crippen LogP contribution in [0.3, 0.4) is 0 Å². The largest absolute Gasteiger partial charge is 0.494 e. The Morgan fingerprint density at radius 1 is 1.00 bits per heavy atom. The van der Waals surface area contributed by atoms with Crippen molar-refractivity contribution in [1.82, 2.24) is 4.72 Å². The number of hydrogen-bond donors (Lipinski definition) is 1. The number of ether oxygens (including phenoxy) is 1.